The summed E-state index contributed by atoms with van der Waals surface area (Å²) in [6, 6.07) is 8.46. The molecule has 0 aromatic heterocycles. The fraction of sp³-hybridized carbons (Fsp3) is 0.500. The molecule has 1 unspecified atom stereocenters. The SMILES string of the molecule is CCCCC(C)C(=O)N[C@H](Cc1ccccc1)C(=O)O. The van der Waals surface area contributed by atoms with Crippen LogP contribution in [0.5, 0.6) is 0 Å². The second-order valence-electron chi connectivity index (χ2n) is 5.13. The van der Waals surface area contributed by atoms with Crippen LogP contribution in [0.2, 0.25) is 0 Å². The minimum absolute atomic E-state index is 0.146. The topological polar surface area (TPSA) is 66.4 Å². The van der Waals surface area contributed by atoms with Crippen LogP contribution in [0.4, 0.5) is 0 Å². The molecule has 0 bridgehead atoms. The molecule has 0 aliphatic rings. The van der Waals surface area contributed by atoms with Crippen LogP contribution in [0, 0.1) is 5.92 Å². The average Bonchev–Trinajstić information content (AvgIpc) is 2.44. The predicted octanol–water partition coefficient (Wildman–Crippen LogP) is 2.62. The summed E-state index contributed by atoms with van der Waals surface area (Å²) in [5.74, 6) is -1.32. The number of carbonyl (C=O) groups is 2. The molecule has 4 heteroatoms. The van der Waals surface area contributed by atoms with E-state index in [0.29, 0.717) is 6.42 Å². The lowest BCUT2D eigenvalue weighted by molar-refractivity contribution is -0.142. The van der Waals surface area contributed by atoms with Gasteiger partial charge >= 0.3 is 5.97 Å². The largest absolute Gasteiger partial charge is 0.480 e. The third-order valence-electron chi connectivity index (χ3n) is 3.34. The van der Waals surface area contributed by atoms with Crippen LogP contribution >= 0.6 is 0 Å². The normalized spacial score (nSPS) is 13.5. The minimum atomic E-state index is -0.995. The highest BCUT2D eigenvalue weighted by molar-refractivity contribution is 5.84. The zero-order valence-corrected chi connectivity index (χ0v) is 12.1. The Bertz CT molecular complexity index is 431. The summed E-state index contributed by atoms with van der Waals surface area (Å²) in [4.78, 5) is 23.2. The fourth-order valence-corrected chi connectivity index (χ4v) is 2.01. The Kier molecular flexibility index (Phi) is 6.77. The van der Waals surface area contributed by atoms with E-state index in [4.69, 9.17) is 0 Å². The van der Waals surface area contributed by atoms with Crippen molar-refractivity contribution in [2.75, 3.05) is 0 Å². The molecule has 0 spiro atoms. The lowest BCUT2D eigenvalue weighted by Crippen LogP contribution is -2.44. The number of carboxylic acid groups (broad SMARTS) is 1. The summed E-state index contributed by atoms with van der Waals surface area (Å²) in [5, 5.41) is 11.9. The van der Waals surface area contributed by atoms with Gasteiger partial charge in [-0.3, -0.25) is 4.79 Å². The standard InChI is InChI=1S/C16H23NO3/c1-3-4-8-12(2)15(18)17-14(16(19)20)11-13-9-6-5-7-10-13/h5-7,9-10,12,14H,3-4,8,11H2,1-2H3,(H,17,18)(H,19,20)/t12?,14-/m1/s1. The van der Waals surface area contributed by atoms with E-state index in [1.807, 2.05) is 37.3 Å². The van der Waals surface area contributed by atoms with Gasteiger partial charge in [0.2, 0.25) is 5.91 Å². The number of hydrogen-bond acceptors (Lipinski definition) is 2. The van der Waals surface area contributed by atoms with Crippen molar-refractivity contribution in [3.05, 3.63) is 35.9 Å². The molecular weight excluding hydrogens is 254 g/mol. The quantitative estimate of drug-likeness (QED) is 0.767. The van der Waals surface area contributed by atoms with Crippen molar-refractivity contribution in [2.45, 2.75) is 45.6 Å². The number of carbonyl (C=O) groups excluding carboxylic acids is 1. The Hall–Kier alpha value is -1.84. The molecular formula is C16H23NO3. The molecule has 0 radical (unpaired) electrons. The number of rotatable bonds is 8. The van der Waals surface area contributed by atoms with Crippen LogP contribution in [0.25, 0.3) is 0 Å². The van der Waals surface area contributed by atoms with Crippen molar-refractivity contribution in [2.24, 2.45) is 5.92 Å². The molecule has 0 aliphatic carbocycles. The molecule has 0 heterocycles. The summed E-state index contributed by atoms with van der Waals surface area (Å²) >= 11 is 0. The number of benzene rings is 1. The number of aliphatic carboxylic acids is 1. The molecule has 1 aromatic carbocycles. The van der Waals surface area contributed by atoms with Gasteiger partial charge < -0.3 is 10.4 Å². The smallest absolute Gasteiger partial charge is 0.326 e. The van der Waals surface area contributed by atoms with Crippen LogP contribution in [0.1, 0.15) is 38.7 Å². The second-order valence-corrected chi connectivity index (χ2v) is 5.13. The van der Waals surface area contributed by atoms with Gasteiger partial charge in [0.15, 0.2) is 0 Å². The summed E-state index contributed by atoms with van der Waals surface area (Å²) in [6.45, 7) is 3.91. The number of nitrogens with one attached hydrogen (secondary N) is 1. The highest BCUT2D eigenvalue weighted by Gasteiger charge is 2.22. The predicted molar refractivity (Wildman–Crippen MR) is 78.4 cm³/mol. The lowest BCUT2D eigenvalue weighted by Gasteiger charge is -2.18. The highest BCUT2D eigenvalue weighted by Crippen LogP contribution is 2.09. The Labute approximate surface area is 120 Å². The van der Waals surface area contributed by atoms with E-state index >= 15 is 0 Å². The molecule has 0 saturated heterocycles. The molecule has 110 valence electrons. The van der Waals surface area contributed by atoms with Gasteiger partial charge in [0.25, 0.3) is 0 Å². The maximum Gasteiger partial charge on any atom is 0.326 e. The molecule has 0 saturated carbocycles. The molecule has 1 amide bonds. The zero-order valence-electron chi connectivity index (χ0n) is 12.1. The molecule has 4 nitrogen and oxygen atoms in total. The molecule has 2 N–H and O–H groups in total. The van der Waals surface area contributed by atoms with E-state index in [0.717, 1.165) is 24.8 Å². The summed E-state index contributed by atoms with van der Waals surface area (Å²) in [5.41, 5.74) is 0.904. The van der Waals surface area contributed by atoms with E-state index in [-0.39, 0.29) is 11.8 Å². The summed E-state index contributed by atoms with van der Waals surface area (Å²) in [7, 11) is 0. The van der Waals surface area contributed by atoms with Gasteiger partial charge in [-0.2, -0.15) is 0 Å². The van der Waals surface area contributed by atoms with Crippen molar-refractivity contribution in [1.82, 2.24) is 5.32 Å². The number of carboxylic acids is 1. The fourth-order valence-electron chi connectivity index (χ4n) is 2.01. The Morgan fingerprint density at radius 2 is 1.90 bits per heavy atom. The van der Waals surface area contributed by atoms with Crippen molar-refractivity contribution < 1.29 is 14.7 Å². The van der Waals surface area contributed by atoms with Gasteiger partial charge in [-0.1, -0.05) is 57.0 Å². The third kappa shape index (κ3) is 5.43. The van der Waals surface area contributed by atoms with Gasteiger partial charge in [-0.15, -0.1) is 0 Å². The Morgan fingerprint density at radius 3 is 2.45 bits per heavy atom. The Balaban J connectivity index is 2.59. The van der Waals surface area contributed by atoms with Gasteiger partial charge in [0.1, 0.15) is 6.04 Å². The van der Waals surface area contributed by atoms with E-state index in [2.05, 4.69) is 12.2 Å². The highest BCUT2D eigenvalue weighted by atomic mass is 16.4. The second kappa shape index (κ2) is 8.35. The molecule has 0 aliphatic heterocycles. The lowest BCUT2D eigenvalue weighted by atomic mass is 10.0. The maximum absolute atomic E-state index is 12.0. The first-order valence-corrected chi connectivity index (χ1v) is 7.11. The first-order chi connectivity index (χ1) is 9.54. The van der Waals surface area contributed by atoms with E-state index in [1.54, 1.807) is 0 Å². The van der Waals surface area contributed by atoms with Crippen LogP contribution < -0.4 is 5.32 Å². The molecule has 1 rings (SSSR count). The summed E-state index contributed by atoms with van der Waals surface area (Å²) in [6.07, 6.45) is 3.11. The van der Waals surface area contributed by atoms with Gasteiger partial charge in [-0.05, 0) is 12.0 Å². The van der Waals surface area contributed by atoms with E-state index < -0.39 is 12.0 Å². The number of unbranched alkanes of at least 4 members (excludes halogenated alkanes) is 1. The van der Waals surface area contributed by atoms with Gasteiger partial charge in [-0.25, -0.2) is 4.79 Å². The average molecular weight is 277 g/mol. The van der Waals surface area contributed by atoms with Crippen molar-refractivity contribution >= 4 is 11.9 Å². The van der Waals surface area contributed by atoms with Crippen LogP contribution in [-0.2, 0) is 16.0 Å². The van der Waals surface area contributed by atoms with Crippen LogP contribution in [-0.4, -0.2) is 23.0 Å². The van der Waals surface area contributed by atoms with Gasteiger partial charge in [0, 0.05) is 12.3 Å². The molecule has 2 atom stereocenters. The van der Waals surface area contributed by atoms with E-state index in [1.165, 1.54) is 0 Å². The maximum atomic E-state index is 12.0. The van der Waals surface area contributed by atoms with E-state index in [9.17, 15) is 14.7 Å². The first-order valence-electron chi connectivity index (χ1n) is 7.11. The van der Waals surface area contributed by atoms with Crippen molar-refractivity contribution in [1.29, 1.82) is 0 Å². The van der Waals surface area contributed by atoms with Crippen molar-refractivity contribution in [3.8, 4) is 0 Å². The summed E-state index contributed by atoms with van der Waals surface area (Å²) < 4.78 is 0. The minimum Gasteiger partial charge on any atom is -0.480 e. The monoisotopic (exact) mass is 277 g/mol. The molecule has 20 heavy (non-hydrogen) atoms. The number of hydrogen-bond donors (Lipinski definition) is 2. The zero-order chi connectivity index (χ0) is 15.0. The molecule has 1 aromatic rings. The van der Waals surface area contributed by atoms with Gasteiger partial charge in [0.05, 0.1) is 0 Å². The number of amides is 1. The Morgan fingerprint density at radius 1 is 1.25 bits per heavy atom. The third-order valence-corrected chi connectivity index (χ3v) is 3.34. The van der Waals surface area contributed by atoms with Crippen LogP contribution in [0.15, 0.2) is 30.3 Å². The van der Waals surface area contributed by atoms with Crippen LogP contribution in [0.3, 0.4) is 0 Å². The first kappa shape index (κ1) is 16.2. The molecule has 0 fully saturated rings. The van der Waals surface area contributed by atoms with Crippen molar-refractivity contribution in [3.63, 3.8) is 0 Å².